The van der Waals surface area contributed by atoms with Crippen LogP contribution < -0.4 is 5.73 Å². The van der Waals surface area contributed by atoms with Gasteiger partial charge >= 0.3 is 0 Å². The number of fused-ring (bicyclic) bond motifs is 1. The molecule has 2 N–H and O–H groups in total. The number of rotatable bonds is 2. The lowest BCUT2D eigenvalue weighted by Crippen LogP contribution is -2.28. The van der Waals surface area contributed by atoms with Crippen LogP contribution in [0.3, 0.4) is 0 Å². The van der Waals surface area contributed by atoms with E-state index in [1.807, 2.05) is 0 Å². The van der Waals surface area contributed by atoms with Gasteiger partial charge in [0.1, 0.15) is 5.82 Å². The summed E-state index contributed by atoms with van der Waals surface area (Å²) in [6, 6.07) is 0. The summed E-state index contributed by atoms with van der Waals surface area (Å²) >= 11 is 6.22. The fourth-order valence-corrected chi connectivity index (χ4v) is 3.06. The van der Waals surface area contributed by atoms with Gasteiger partial charge in [-0.2, -0.15) is 0 Å². The molecule has 2 aliphatic rings. The number of hydrogen-bond acceptors (Lipinski definition) is 2. The second-order valence-electron chi connectivity index (χ2n) is 5.09. The van der Waals surface area contributed by atoms with E-state index in [0.717, 1.165) is 31.1 Å². The molecular formula is C12H18ClN3. The van der Waals surface area contributed by atoms with Crippen molar-refractivity contribution in [2.45, 2.75) is 44.6 Å². The predicted molar refractivity (Wildman–Crippen MR) is 64.7 cm³/mol. The summed E-state index contributed by atoms with van der Waals surface area (Å²) in [6.07, 6.45) is 6.09. The monoisotopic (exact) mass is 239 g/mol. The summed E-state index contributed by atoms with van der Waals surface area (Å²) in [6.45, 7) is 1.80. The molecule has 88 valence electrons. The Morgan fingerprint density at radius 1 is 1.38 bits per heavy atom. The molecule has 1 aromatic rings. The van der Waals surface area contributed by atoms with Crippen LogP contribution in [0.25, 0.3) is 0 Å². The molecule has 1 atom stereocenters. The van der Waals surface area contributed by atoms with Crippen LogP contribution in [0.2, 0.25) is 5.15 Å². The third-order valence-corrected chi connectivity index (χ3v) is 4.39. The molecule has 0 amide bonds. The molecule has 1 aliphatic heterocycles. The average Bonchev–Trinajstić information content (AvgIpc) is 2.54. The summed E-state index contributed by atoms with van der Waals surface area (Å²) in [7, 11) is 0. The molecule has 3 rings (SSSR count). The van der Waals surface area contributed by atoms with Gasteiger partial charge in [-0.3, -0.25) is 0 Å². The summed E-state index contributed by atoms with van der Waals surface area (Å²) in [5.74, 6) is 2.49. The molecule has 3 nitrogen and oxygen atoms in total. The van der Waals surface area contributed by atoms with Gasteiger partial charge in [0.15, 0.2) is 5.15 Å². The largest absolute Gasteiger partial charge is 0.330 e. The third kappa shape index (κ3) is 1.57. The van der Waals surface area contributed by atoms with Crippen LogP contribution in [0.1, 0.15) is 43.1 Å². The van der Waals surface area contributed by atoms with Crippen molar-refractivity contribution in [2.75, 3.05) is 6.54 Å². The number of aromatic nitrogens is 2. The standard InChI is InChI=1S/C12H18ClN3/c13-11-10-5-4-8(6-14)7-16(10)12(15-11)9-2-1-3-9/h8-9H,1-7,14H2. The van der Waals surface area contributed by atoms with Crippen molar-refractivity contribution < 1.29 is 0 Å². The maximum Gasteiger partial charge on any atom is 0.150 e. The van der Waals surface area contributed by atoms with Crippen molar-refractivity contribution >= 4 is 11.6 Å². The zero-order valence-corrected chi connectivity index (χ0v) is 10.2. The van der Waals surface area contributed by atoms with E-state index >= 15 is 0 Å². The Morgan fingerprint density at radius 2 is 2.19 bits per heavy atom. The SMILES string of the molecule is NCC1CCc2c(Cl)nc(C3CCC3)n2C1. The summed E-state index contributed by atoms with van der Waals surface area (Å²) in [5, 5.41) is 0.734. The average molecular weight is 240 g/mol. The fraction of sp³-hybridized carbons (Fsp3) is 0.750. The van der Waals surface area contributed by atoms with Gasteiger partial charge in [-0.15, -0.1) is 0 Å². The lowest BCUT2D eigenvalue weighted by atomic mass is 9.84. The smallest absolute Gasteiger partial charge is 0.150 e. The summed E-state index contributed by atoms with van der Waals surface area (Å²) in [5.41, 5.74) is 7.02. The van der Waals surface area contributed by atoms with Crippen molar-refractivity contribution in [3.63, 3.8) is 0 Å². The molecule has 4 heteroatoms. The maximum atomic E-state index is 6.22. The number of nitrogens with zero attached hydrogens (tertiary/aromatic N) is 2. The zero-order valence-electron chi connectivity index (χ0n) is 9.45. The molecule has 0 aromatic carbocycles. The molecule has 1 saturated carbocycles. The van der Waals surface area contributed by atoms with Crippen molar-refractivity contribution in [3.05, 3.63) is 16.7 Å². The summed E-state index contributed by atoms with van der Waals surface area (Å²) < 4.78 is 2.35. The fourth-order valence-electron chi connectivity index (χ4n) is 2.78. The Morgan fingerprint density at radius 3 is 2.81 bits per heavy atom. The first kappa shape index (κ1) is 10.6. The van der Waals surface area contributed by atoms with E-state index in [4.69, 9.17) is 17.3 Å². The first-order chi connectivity index (χ1) is 7.79. The van der Waals surface area contributed by atoms with E-state index in [-0.39, 0.29) is 0 Å². The van der Waals surface area contributed by atoms with Crippen LogP contribution in [0, 0.1) is 5.92 Å². The quantitative estimate of drug-likeness (QED) is 0.861. The van der Waals surface area contributed by atoms with E-state index in [1.54, 1.807) is 0 Å². The highest BCUT2D eigenvalue weighted by Gasteiger charge is 2.30. The molecule has 0 radical (unpaired) electrons. The van der Waals surface area contributed by atoms with Crippen LogP contribution in [-0.4, -0.2) is 16.1 Å². The normalized spacial score (nSPS) is 25.2. The molecule has 2 heterocycles. The highest BCUT2D eigenvalue weighted by Crippen LogP contribution is 2.39. The molecular weight excluding hydrogens is 222 g/mol. The Labute approximate surface area is 101 Å². The number of nitrogens with two attached hydrogens (primary N) is 1. The molecule has 1 unspecified atom stereocenters. The lowest BCUT2D eigenvalue weighted by molar-refractivity contribution is 0.335. The highest BCUT2D eigenvalue weighted by molar-refractivity contribution is 6.30. The van der Waals surface area contributed by atoms with Crippen LogP contribution in [0.4, 0.5) is 0 Å². The second-order valence-corrected chi connectivity index (χ2v) is 5.44. The highest BCUT2D eigenvalue weighted by atomic mass is 35.5. The van der Waals surface area contributed by atoms with Crippen LogP contribution >= 0.6 is 11.6 Å². The Balaban J connectivity index is 1.94. The number of halogens is 1. The van der Waals surface area contributed by atoms with E-state index in [9.17, 15) is 0 Å². The minimum Gasteiger partial charge on any atom is -0.330 e. The molecule has 16 heavy (non-hydrogen) atoms. The van der Waals surface area contributed by atoms with Crippen molar-refractivity contribution in [2.24, 2.45) is 11.7 Å². The first-order valence-electron chi connectivity index (χ1n) is 6.24. The van der Waals surface area contributed by atoms with Crippen molar-refractivity contribution in [1.29, 1.82) is 0 Å². The van der Waals surface area contributed by atoms with Gasteiger partial charge in [-0.05, 0) is 38.1 Å². The minimum absolute atomic E-state index is 0.608. The van der Waals surface area contributed by atoms with Crippen LogP contribution in [0.15, 0.2) is 0 Å². The van der Waals surface area contributed by atoms with Gasteiger partial charge in [0, 0.05) is 12.5 Å². The number of imidazole rings is 1. The number of hydrogen-bond donors (Lipinski definition) is 1. The van der Waals surface area contributed by atoms with E-state index in [1.165, 1.54) is 30.8 Å². The zero-order chi connectivity index (χ0) is 11.1. The van der Waals surface area contributed by atoms with Crippen LogP contribution in [-0.2, 0) is 13.0 Å². The van der Waals surface area contributed by atoms with E-state index in [2.05, 4.69) is 9.55 Å². The van der Waals surface area contributed by atoms with Crippen molar-refractivity contribution in [1.82, 2.24) is 9.55 Å². The molecule has 0 saturated heterocycles. The molecule has 0 bridgehead atoms. The van der Waals surface area contributed by atoms with Crippen molar-refractivity contribution in [3.8, 4) is 0 Å². The molecule has 1 aliphatic carbocycles. The Kier molecular flexibility index (Phi) is 2.68. The molecule has 0 spiro atoms. The van der Waals surface area contributed by atoms with Crippen LogP contribution in [0.5, 0.6) is 0 Å². The topological polar surface area (TPSA) is 43.8 Å². The van der Waals surface area contributed by atoms with Gasteiger partial charge < -0.3 is 10.3 Å². The minimum atomic E-state index is 0.608. The summed E-state index contributed by atoms with van der Waals surface area (Å²) in [4.78, 5) is 4.57. The first-order valence-corrected chi connectivity index (χ1v) is 6.62. The van der Waals surface area contributed by atoms with Gasteiger partial charge in [0.2, 0.25) is 0 Å². The van der Waals surface area contributed by atoms with E-state index < -0.39 is 0 Å². The Bertz CT molecular complexity index is 395. The lowest BCUT2D eigenvalue weighted by Gasteiger charge is -2.29. The molecule has 1 fully saturated rings. The van der Waals surface area contributed by atoms with E-state index in [0.29, 0.717) is 11.8 Å². The second kappa shape index (κ2) is 4.04. The van der Waals surface area contributed by atoms with Gasteiger partial charge in [0.25, 0.3) is 0 Å². The van der Waals surface area contributed by atoms with Gasteiger partial charge in [-0.1, -0.05) is 18.0 Å². The predicted octanol–water partition coefficient (Wildman–Crippen LogP) is 2.33. The molecule has 1 aromatic heterocycles. The Hall–Kier alpha value is -0.540. The third-order valence-electron chi connectivity index (χ3n) is 4.09. The van der Waals surface area contributed by atoms with Gasteiger partial charge in [0.05, 0.1) is 5.69 Å². The maximum absolute atomic E-state index is 6.22. The van der Waals surface area contributed by atoms with Gasteiger partial charge in [-0.25, -0.2) is 4.98 Å².